The lowest BCUT2D eigenvalue weighted by atomic mass is 9.92. The number of hydrogen-bond acceptors (Lipinski definition) is 4. The van der Waals surface area contributed by atoms with Gasteiger partial charge in [-0.1, -0.05) is 0 Å². The van der Waals surface area contributed by atoms with Crippen LogP contribution >= 0.6 is 0 Å². The number of carbonyl (C=O) groups is 2. The van der Waals surface area contributed by atoms with Crippen LogP contribution in [0, 0.1) is 0 Å². The highest BCUT2D eigenvalue weighted by molar-refractivity contribution is 6.36. The summed E-state index contributed by atoms with van der Waals surface area (Å²) in [6.07, 6.45) is -2.04. The Morgan fingerprint density at radius 2 is 1.70 bits per heavy atom. The summed E-state index contributed by atoms with van der Waals surface area (Å²) in [5.41, 5.74) is 0. The summed E-state index contributed by atoms with van der Waals surface area (Å²) >= 11 is 0. The quantitative estimate of drug-likeness (QED) is 0.300. The van der Waals surface area contributed by atoms with Crippen molar-refractivity contribution in [3.8, 4) is 0 Å². The summed E-state index contributed by atoms with van der Waals surface area (Å²) in [5.74, 6) is -3.34. The van der Waals surface area contributed by atoms with Gasteiger partial charge in [0.2, 0.25) is 0 Å². The minimum absolute atomic E-state index is 1.52. The Morgan fingerprint density at radius 3 is 1.80 bits per heavy atom. The van der Waals surface area contributed by atoms with Crippen LogP contribution in [0.15, 0.2) is 0 Å². The van der Waals surface area contributed by atoms with E-state index in [0.717, 1.165) is 0 Å². The lowest BCUT2D eigenvalue weighted by molar-refractivity contribution is -0.154. The topological polar surface area (TPSA) is 94.8 Å². The van der Waals surface area contributed by atoms with Crippen molar-refractivity contribution in [1.82, 2.24) is 0 Å². The molecule has 3 N–H and O–H groups in total. The van der Waals surface area contributed by atoms with Gasteiger partial charge in [-0.05, 0) is 0 Å². The molecule has 0 spiro atoms. The predicted molar refractivity (Wildman–Crippen MR) is 30.4 cm³/mol. The minimum atomic E-state index is -2.04. The highest BCUT2D eigenvalue weighted by atomic mass is 16.4. The average Bonchev–Trinajstić information content (AvgIpc) is 1.84. The van der Waals surface area contributed by atoms with Gasteiger partial charge in [0.1, 0.15) is 14.0 Å². The van der Waals surface area contributed by atoms with Crippen LogP contribution in [-0.4, -0.2) is 47.0 Å². The normalized spacial score (nSPS) is 15.8. The summed E-state index contributed by atoms with van der Waals surface area (Å²) in [4.78, 5) is 20.0. The maximum absolute atomic E-state index is 10.2. The summed E-state index contributed by atoms with van der Waals surface area (Å²) in [7, 11) is 4.60. The van der Waals surface area contributed by atoms with Crippen LogP contribution in [-0.2, 0) is 9.59 Å². The van der Waals surface area contributed by atoms with Crippen molar-refractivity contribution < 1.29 is 24.9 Å². The van der Waals surface area contributed by atoms with Gasteiger partial charge in [-0.15, -0.1) is 0 Å². The first-order valence-electron chi connectivity index (χ1n) is 2.35. The Kier molecular flexibility index (Phi) is 3.04. The molecule has 0 amide bonds. The molecule has 0 bridgehead atoms. The van der Waals surface area contributed by atoms with E-state index in [0.29, 0.717) is 0 Å². The van der Waals surface area contributed by atoms with Crippen LogP contribution in [0.5, 0.6) is 0 Å². The molecule has 0 saturated carbocycles. The van der Waals surface area contributed by atoms with E-state index < -0.39 is 23.9 Å². The fraction of sp³-hybridized carbons (Fsp3) is 0.500. The standard InChI is InChI=1S/C4H5BO5/c5-3(8)1(6)2(7)4(9)10/h1,3,6,8H,(H,9,10). The Hall–Kier alpha value is -0.875. The van der Waals surface area contributed by atoms with Crippen molar-refractivity contribution in [2.45, 2.75) is 12.1 Å². The molecule has 2 atom stereocenters. The second-order valence-corrected chi connectivity index (χ2v) is 1.60. The number of carboxylic acid groups (broad SMARTS) is 1. The van der Waals surface area contributed by atoms with Gasteiger partial charge in [0.25, 0.3) is 5.78 Å². The third-order valence-corrected chi connectivity index (χ3v) is 0.803. The maximum Gasteiger partial charge on any atom is 0.375 e. The summed E-state index contributed by atoms with van der Waals surface area (Å²) in [5, 5.41) is 24.7. The van der Waals surface area contributed by atoms with Crippen molar-refractivity contribution in [2.75, 3.05) is 0 Å². The van der Waals surface area contributed by atoms with E-state index in [-0.39, 0.29) is 0 Å². The van der Waals surface area contributed by atoms with Crippen LogP contribution in [0.1, 0.15) is 0 Å². The van der Waals surface area contributed by atoms with Crippen LogP contribution < -0.4 is 0 Å². The average molecular weight is 144 g/mol. The van der Waals surface area contributed by atoms with Crippen LogP contribution in [0.4, 0.5) is 0 Å². The molecule has 10 heavy (non-hydrogen) atoms. The van der Waals surface area contributed by atoms with Crippen LogP contribution in [0.25, 0.3) is 0 Å². The molecule has 2 unspecified atom stereocenters. The largest absolute Gasteiger partial charge is 0.475 e. The van der Waals surface area contributed by atoms with Gasteiger partial charge in [0, 0.05) is 6.00 Å². The van der Waals surface area contributed by atoms with Gasteiger partial charge < -0.3 is 15.3 Å². The number of rotatable bonds is 3. The molecule has 0 saturated heterocycles. The molecule has 0 heterocycles. The van der Waals surface area contributed by atoms with Gasteiger partial charge >= 0.3 is 5.97 Å². The Labute approximate surface area is 57.7 Å². The molecule has 0 rings (SSSR count). The number of carbonyl (C=O) groups excluding carboxylic acids is 1. The van der Waals surface area contributed by atoms with E-state index >= 15 is 0 Å². The first-order chi connectivity index (χ1) is 4.46. The molecule has 0 aliphatic carbocycles. The molecule has 0 aromatic carbocycles. The number of hydrogen-bond donors (Lipinski definition) is 3. The minimum Gasteiger partial charge on any atom is -0.475 e. The fourth-order valence-corrected chi connectivity index (χ4v) is 0.282. The van der Waals surface area contributed by atoms with Crippen LogP contribution in [0.2, 0.25) is 0 Å². The van der Waals surface area contributed by atoms with Crippen LogP contribution in [0.3, 0.4) is 0 Å². The molecular formula is C4H5BO5. The molecule has 0 aromatic rings. The second-order valence-electron chi connectivity index (χ2n) is 1.60. The number of aliphatic hydroxyl groups excluding tert-OH is 2. The monoisotopic (exact) mass is 144 g/mol. The van der Waals surface area contributed by atoms with Gasteiger partial charge in [-0.25, -0.2) is 4.79 Å². The maximum atomic E-state index is 10.2. The third kappa shape index (κ3) is 2.16. The van der Waals surface area contributed by atoms with Crippen molar-refractivity contribution in [1.29, 1.82) is 0 Å². The zero-order valence-corrected chi connectivity index (χ0v) is 4.89. The van der Waals surface area contributed by atoms with E-state index in [1.807, 2.05) is 0 Å². The summed E-state index contributed by atoms with van der Waals surface area (Å²) in [6, 6.07) is -1.84. The molecular weight excluding hydrogens is 139 g/mol. The lowest BCUT2D eigenvalue weighted by Gasteiger charge is -2.08. The molecule has 54 valence electrons. The Balaban J connectivity index is 4.08. The fourth-order valence-electron chi connectivity index (χ4n) is 0.282. The number of carboxylic acids is 1. The smallest absolute Gasteiger partial charge is 0.375 e. The first kappa shape index (κ1) is 9.12. The molecule has 0 aliphatic rings. The van der Waals surface area contributed by atoms with Gasteiger partial charge in [0.15, 0.2) is 0 Å². The third-order valence-electron chi connectivity index (χ3n) is 0.803. The van der Waals surface area contributed by atoms with Crippen molar-refractivity contribution in [3.05, 3.63) is 0 Å². The van der Waals surface area contributed by atoms with E-state index in [1.54, 1.807) is 0 Å². The van der Waals surface area contributed by atoms with Gasteiger partial charge in [0.05, 0.1) is 0 Å². The van der Waals surface area contributed by atoms with Crippen molar-refractivity contribution in [3.63, 3.8) is 0 Å². The van der Waals surface area contributed by atoms with Crippen molar-refractivity contribution in [2.24, 2.45) is 0 Å². The Bertz CT molecular complexity index is 154. The van der Waals surface area contributed by atoms with Gasteiger partial charge in [-0.3, -0.25) is 4.79 Å². The van der Waals surface area contributed by atoms with Crippen molar-refractivity contribution >= 4 is 19.6 Å². The molecule has 0 aliphatic heterocycles. The zero-order valence-electron chi connectivity index (χ0n) is 4.89. The molecule has 2 radical (unpaired) electrons. The van der Waals surface area contributed by atoms with E-state index in [9.17, 15) is 9.59 Å². The van der Waals surface area contributed by atoms with E-state index in [4.69, 9.17) is 15.3 Å². The Morgan fingerprint density at radius 1 is 1.30 bits per heavy atom. The van der Waals surface area contributed by atoms with E-state index in [1.165, 1.54) is 0 Å². The number of aliphatic hydroxyl groups is 2. The number of ketones is 1. The highest BCUT2D eigenvalue weighted by Gasteiger charge is 2.25. The lowest BCUT2D eigenvalue weighted by Crippen LogP contribution is -2.38. The molecule has 0 fully saturated rings. The number of Topliss-reactive ketones (excluding diaryl/α,β-unsaturated/α-hetero) is 1. The zero-order chi connectivity index (χ0) is 8.31. The van der Waals surface area contributed by atoms with E-state index in [2.05, 4.69) is 7.85 Å². The first-order valence-corrected chi connectivity index (χ1v) is 2.35. The summed E-state index contributed by atoms with van der Waals surface area (Å²) < 4.78 is 0. The second kappa shape index (κ2) is 3.33. The molecule has 5 nitrogen and oxygen atoms in total. The molecule has 0 aromatic heterocycles. The highest BCUT2D eigenvalue weighted by Crippen LogP contribution is 1.90. The van der Waals surface area contributed by atoms with Gasteiger partial charge in [-0.2, -0.15) is 0 Å². The predicted octanol–water partition coefficient (Wildman–Crippen LogP) is -2.51. The summed E-state index contributed by atoms with van der Waals surface area (Å²) in [6.45, 7) is 0. The SMILES string of the molecule is [B]C(O)C(O)C(=O)C(=O)O. The molecule has 6 heteroatoms. The number of aliphatic carboxylic acids is 1.